The predicted molar refractivity (Wildman–Crippen MR) is 91.2 cm³/mol. The average Bonchev–Trinajstić information content (AvgIpc) is 2.55. The molecule has 0 aliphatic carbocycles. The van der Waals surface area contributed by atoms with E-state index < -0.39 is 4.75 Å². The van der Waals surface area contributed by atoms with Crippen LogP contribution in [0.15, 0.2) is 77.9 Å². The average molecular weight is 331 g/mol. The molecule has 0 amide bonds. The standard InChI is InChI=1S/C18H15ClO2S/c1-3-13-18(17(20)21-2,14-9-11-15(19)12-10-14)22-16-7-5-4-6-8-16/h4-13H,1H2,2H3. The Morgan fingerprint density at radius 3 is 2.41 bits per heavy atom. The van der Waals surface area contributed by atoms with Crippen LogP contribution in [0.1, 0.15) is 5.56 Å². The molecule has 2 rings (SSSR count). The van der Waals surface area contributed by atoms with Gasteiger partial charge in [-0.25, -0.2) is 4.79 Å². The summed E-state index contributed by atoms with van der Waals surface area (Å²) >= 11 is 7.33. The number of carbonyl (C=O) groups is 1. The van der Waals surface area contributed by atoms with Gasteiger partial charge in [0.2, 0.25) is 0 Å². The molecule has 0 N–H and O–H groups in total. The van der Waals surface area contributed by atoms with Gasteiger partial charge in [0.05, 0.1) is 7.11 Å². The number of esters is 1. The van der Waals surface area contributed by atoms with E-state index in [0.29, 0.717) is 5.02 Å². The van der Waals surface area contributed by atoms with Crippen molar-refractivity contribution in [3.63, 3.8) is 0 Å². The summed E-state index contributed by atoms with van der Waals surface area (Å²) in [5.74, 6) is -0.389. The molecule has 0 saturated carbocycles. The van der Waals surface area contributed by atoms with E-state index in [9.17, 15) is 4.79 Å². The topological polar surface area (TPSA) is 26.3 Å². The van der Waals surface area contributed by atoms with Gasteiger partial charge in [0.25, 0.3) is 0 Å². The number of thioether (sulfide) groups is 1. The molecule has 0 radical (unpaired) electrons. The smallest absolute Gasteiger partial charge is 0.331 e. The molecule has 0 spiro atoms. The zero-order chi connectivity index (χ0) is 16.0. The molecule has 112 valence electrons. The van der Waals surface area contributed by atoms with Crippen LogP contribution in [-0.4, -0.2) is 13.1 Å². The number of halogens is 1. The number of methoxy groups -OCH3 is 1. The van der Waals surface area contributed by atoms with Crippen molar-refractivity contribution >= 4 is 29.3 Å². The minimum Gasteiger partial charge on any atom is -0.467 e. The normalized spacial score (nSPS) is 12.8. The number of hydrogen-bond acceptors (Lipinski definition) is 3. The fraction of sp³-hybridized carbons (Fsp3) is 0.111. The summed E-state index contributed by atoms with van der Waals surface area (Å²) in [7, 11) is 1.37. The molecule has 0 saturated heterocycles. The Kier molecular flexibility index (Phi) is 5.51. The molecule has 0 heterocycles. The highest BCUT2D eigenvalue weighted by Crippen LogP contribution is 2.44. The monoisotopic (exact) mass is 330 g/mol. The Bertz CT molecular complexity index is 691. The molecule has 0 fully saturated rings. The van der Waals surface area contributed by atoms with Crippen LogP contribution in [0.5, 0.6) is 0 Å². The van der Waals surface area contributed by atoms with Crippen molar-refractivity contribution in [2.75, 3.05) is 7.11 Å². The first-order valence-corrected chi connectivity index (χ1v) is 7.77. The molecule has 1 atom stereocenters. The van der Waals surface area contributed by atoms with Gasteiger partial charge in [-0.15, -0.1) is 5.73 Å². The van der Waals surface area contributed by atoms with Gasteiger partial charge in [-0.3, -0.25) is 0 Å². The van der Waals surface area contributed by atoms with Crippen LogP contribution in [-0.2, 0) is 14.3 Å². The number of rotatable bonds is 5. The Morgan fingerprint density at radius 1 is 1.23 bits per heavy atom. The highest BCUT2D eigenvalue weighted by molar-refractivity contribution is 8.01. The fourth-order valence-electron chi connectivity index (χ4n) is 2.06. The fourth-order valence-corrected chi connectivity index (χ4v) is 3.41. The van der Waals surface area contributed by atoms with E-state index in [0.717, 1.165) is 10.5 Å². The third kappa shape index (κ3) is 3.45. The first-order valence-electron chi connectivity index (χ1n) is 6.58. The molecule has 0 aliphatic heterocycles. The maximum Gasteiger partial charge on any atom is 0.331 e. The van der Waals surface area contributed by atoms with Gasteiger partial charge in [0.15, 0.2) is 4.75 Å². The molecule has 2 aromatic carbocycles. The van der Waals surface area contributed by atoms with Gasteiger partial charge in [0.1, 0.15) is 0 Å². The first kappa shape index (κ1) is 16.4. The zero-order valence-electron chi connectivity index (χ0n) is 12.1. The van der Waals surface area contributed by atoms with Crippen LogP contribution in [0.3, 0.4) is 0 Å². The number of ether oxygens (including phenoxy) is 1. The van der Waals surface area contributed by atoms with Gasteiger partial charge in [-0.2, -0.15) is 0 Å². The van der Waals surface area contributed by atoms with Crippen molar-refractivity contribution in [2.24, 2.45) is 0 Å². The van der Waals surface area contributed by atoms with Crippen LogP contribution in [0.4, 0.5) is 0 Å². The Morgan fingerprint density at radius 2 is 1.86 bits per heavy atom. The summed E-state index contributed by atoms with van der Waals surface area (Å²) in [6.45, 7) is 3.62. The molecule has 4 heteroatoms. The number of carbonyl (C=O) groups excluding carboxylic acids is 1. The second-order valence-corrected chi connectivity index (χ2v) is 6.25. The van der Waals surface area contributed by atoms with Crippen LogP contribution in [0.2, 0.25) is 5.02 Å². The predicted octanol–water partition coefficient (Wildman–Crippen LogP) is 4.84. The maximum atomic E-state index is 12.5. The van der Waals surface area contributed by atoms with E-state index >= 15 is 0 Å². The second-order valence-electron chi connectivity index (χ2n) is 4.50. The van der Waals surface area contributed by atoms with Gasteiger partial charge in [0, 0.05) is 9.92 Å². The van der Waals surface area contributed by atoms with Gasteiger partial charge in [-0.05, 0) is 35.9 Å². The first-order chi connectivity index (χ1) is 10.6. The maximum absolute atomic E-state index is 12.5. The molecular formula is C18H15ClO2S. The molecule has 2 aromatic rings. The van der Waals surface area contributed by atoms with Gasteiger partial charge in [-0.1, -0.05) is 60.3 Å². The summed E-state index contributed by atoms with van der Waals surface area (Å²) in [6, 6.07) is 16.8. The van der Waals surface area contributed by atoms with E-state index in [2.05, 4.69) is 12.3 Å². The third-order valence-electron chi connectivity index (χ3n) is 3.09. The minimum absolute atomic E-state index is 0.389. The lowest BCUT2D eigenvalue weighted by atomic mass is 9.98. The van der Waals surface area contributed by atoms with E-state index in [1.807, 2.05) is 42.5 Å². The summed E-state index contributed by atoms with van der Waals surface area (Å²) in [5, 5.41) is 0.606. The van der Waals surface area contributed by atoms with Crippen LogP contribution in [0, 0.1) is 0 Å². The second kappa shape index (κ2) is 7.37. The molecule has 0 bridgehead atoms. The molecule has 0 aromatic heterocycles. The lowest BCUT2D eigenvalue weighted by Crippen LogP contribution is -2.31. The highest BCUT2D eigenvalue weighted by atomic mass is 35.5. The lowest BCUT2D eigenvalue weighted by Gasteiger charge is -2.27. The minimum atomic E-state index is -1.05. The van der Waals surface area contributed by atoms with Crippen LogP contribution < -0.4 is 0 Å². The largest absolute Gasteiger partial charge is 0.467 e. The van der Waals surface area contributed by atoms with E-state index in [1.54, 1.807) is 18.2 Å². The Hall–Kier alpha value is -1.93. The van der Waals surface area contributed by atoms with Crippen molar-refractivity contribution in [3.8, 4) is 0 Å². The van der Waals surface area contributed by atoms with Gasteiger partial charge >= 0.3 is 5.97 Å². The van der Waals surface area contributed by atoms with Crippen LogP contribution >= 0.6 is 23.4 Å². The number of hydrogen-bond donors (Lipinski definition) is 0. The SMILES string of the molecule is C=C=CC(Sc1ccccc1)(C(=O)OC)c1ccc(Cl)cc1. The summed E-state index contributed by atoms with van der Waals surface area (Å²) in [4.78, 5) is 13.5. The van der Waals surface area contributed by atoms with Crippen molar-refractivity contribution in [3.05, 3.63) is 83.6 Å². The Balaban J connectivity index is 2.58. The third-order valence-corrected chi connectivity index (χ3v) is 4.69. The van der Waals surface area contributed by atoms with Crippen molar-refractivity contribution in [2.45, 2.75) is 9.64 Å². The van der Waals surface area contributed by atoms with Gasteiger partial charge < -0.3 is 4.74 Å². The molecule has 2 nitrogen and oxygen atoms in total. The highest BCUT2D eigenvalue weighted by Gasteiger charge is 2.40. The summed E-state index contributed by atoms with van der Waals surface area (Å²) in [6.07, 6.45) is 1.62. The molecule has 1 unspecified atom stereocenters. The molecular weight excluding hydrogens is 316 g/mol. The quantitative estimate of drug-likeness (QED) is 0.445. The van der Waals surface area contributed by atoms with Crippen molar-refractivity contribution < 1.29 is 9.53 Å². The van der Waals surface area contributed by atoms with Crippen molar-refractivity contribution in [1.82, 2.24) is 0 Å². The van der Waals surface area contributed by atoms with E-state index in [1.165, 1.54) is 18.9 Å². The van der Waals surface area contributed by atoms with Crippen LogP contribution in [0.25, 0.3) is 0 Å². The van der Waals surface area contributed by atoms with E-state index in [-0.39, 0.29) is 5.97 Å². The Labute approximate surface area is 139 Å². The van der Waals surface area contributed by atoms with E-state index in [4.69, 9.17) is 16.3 Å². The summed E-state index contributed by atoms with van der Waals surface area (Å²) < 4.78 is 3.98. The molecule has 22 heavy (non-hydrogen) atoms. The zero-order valence-corrected chi connectivity index (χ0v) is 13.7. The lowest BCUT2D eigenvalue weighted by molar-refractivity contribution is -0.142. The summed E-state index contributed by atoms with van der Waals surface area (Å²) in [5.41, 5.74) is 3.49. The number of benzene rings is 2. The molecule has 0 aliphatic rings. The van der Waals surface area contributed by atoms with Crippen molar-refractivity contribution in [1.29, 1.82) is 0 Å².